The van der Waals surface area contributed by atoms with Gasteiger partial charge in [0, 0.05) is 41.8 Å². The average Bonchev–Trinajstić information content (AvgIpc) is 3.38. The van der Waals surface area contributed by atoms with Gasteiger partial charge in [-0.25, -0.2) is 4.98 Å². The van der Waals surface area contributed by atoms with E-state index in [1.807, 2.05) is 19.2 Å². The summed E-state index contributed by atoms with van der Waals surface area (Å²) in [6, 6.07) is 9.26. The predicted molar refractivity (Wildman–Crippen MR) is 126 cm³/mol. The number of aliphatic hydroxyl groups is 1. The molecule has 0 bridgehead atoms. The number of aromatic amines is 2. The largest absolute Gasteiger partial charge is 0.393 e. The lowest BCUT2D eigenvalue weighted by Gasteiger charge is -2.33. The van der Waals surface area contributed by atoms with Gasteiger partial charge in [0.25, 0.3) is 0 Å². The number of imidazole rings is 1. The molecule has 0 saturated heterocycles. The van der Waals surface area contributed by atoms with E-state index in [1.165, 1.54) is 5.56 Å². The Morgan fingerprint density at radius 3 is 2.68 bits per heavy atom. The highest BCUT2D eigenvalue weighted by molar-refractivity contribution is 6.01. The first kappa shape index (κ1) is 21.3. The van der Waals surface area contributed by atoms with Crippen LogP contribution in [0.2, 0.25) is 0 Å². The van der Waals surface area contributed by atoms with Crippen LogP contribution < -0.4 is 5.73 Å². The Kier molecular flexibility index (Phi) is 6.25. The number of hydrogen-bond donors (Lipinski definition) is 4. The van der Waals surface area contributed by atoms with Crippen LogP contribution in [0.25, 0.3) is 16.5 Å². The van der Waals surface area contributed by atoms with Crippen LogP contribution in [0.15, 0.2) is 41.5 Å². The third-order valence-corrected chi connectivity index (χ3v) is 6.24. The summed E-state index contributed by atoms with van der Waals surface area (Å²) in [7, 11) is 3.87. The van der Waals surface area contributed by atoms with Gasteiger partial charge >= 0.3 is 0 Å². The molecule has 4 rings (SSSR count). The molecule has 2 heterocycles. The molecule has 0 radical (unpaired) electrons. The number of H-pyrrole nitrogens is 2. The first-order chi connectivity index (χ1) is 14.9. The van der Waals surface area contributed by atoms with Gasteiger partial charge in [0.05, 0.1) is 18.0 Å². The molecule has 0 atom stereocenters. The maximum atomic E-state index is 9.77. The van der Waals surface area contributed by atoms with Crippen molar-refractivity contribution < 1.29 is 5.11 Å². The van der Waals surface area contributed by atoms with Crippen molar-refractivity contribution in [1.82, 2.24) is 19.9 Å². The Balaban J connectivity index is 1.59. The smallest absolute Gasteiger partial charge is 0.118 e. The molecule has 5 N–H and O–H groups in total. The Labute approximate surface area is 183 Å². The standard InChI is InChI=1S/C24H32N6O/c1-15-27-13-23(28-15)20(12-24(25)26-2)22-11-17-10-16(4-9-21(17)29-22)14-30(3)18-5-7-19(31)8-6-18/h4,9-13,18-19,29,31H,5-8,14H2,1-3H3,(H2,25,26)(H,27,28)/b20-12-. The van der Waals surface area contributed by atoms with Crippen LogP contribution in [0, 0.1) is 6.92 Å². The van der Waals surface area contributed by atoms with Crippen LogP contribution in [-0.4, -0.2) is 57.0 Å². The number of nitrogens with two attached hydrogens (primary N) is 1. The van der Waals surface area contributed by atoms with Gasteiger partial charge in [0.15, 0.2) is 0 Å². The maximum absolute atomic E-state index is 9.77. The Morgan fingerprint density at radius 2 is 2.00 bits per heavy atom. The number of aromatic nitrogens is 3. The Morgan fingerprint density at radius 1 is 1.23 bits per heavy atom. The third kappa shape index (κ3) is 4.89. The van der Waals surface area contributed by atoms with E-state index >= 15 is 0 Å². The molecule has 1 aliphatic carbocycles. The second-order valence-corrected chi connectivity index (χ2v) is 8.57. The number of nitrogens with one attached hydrogen (secondary N) is 2. The molecule has 31 heavy (non-hydrogen) atoms. The molecular formula is C24H32N6O. The highest BCUT2D eigenvalue weighted by atomic mass is 16.3. The van der Waals surface area contributed by atoms with Gasteiger partial charge in [0.1, 0.15) is 11.7 Å². The third-order valence-electron chi connectivity index (χ3n) is 6.24. The van der Waals surface area contributed by atoms with E-state index in [0.29, 0.717) is 11.9 Å². The van der Waals surface area contributed by atoms with Crippen LogP contribution >= 0.6 is 0 Å². The van der Waals surface area contributed by atoms with Crippen LogP contribution in [0.1, 0.15) is 48.5 Å². The zero-order chi connectivity index (χ0) is 22.0. The number of hydrogen-bond acceptors (Lipinski definition) is 4. The molecular weight excluding hydrogens is 388 g/mol. The van der Waals surface area contributed by atoms with Gasteiger partial charge in [0.2, 0.25) is 0 Å². The van der Waals surface area contributed by atoms with E-state index in [2.05, 4.69) is 56.2 Å². The minimum atomic E-state index is -0.119. The number of benzene rings is 1. The molecule has 2 aromatic heterocycles. The number of aryl methyl sites for hydroxylation is 1. The monoisotopic (exact) mass is 420 g/mol. The lowest BCUT2D eigenvalue weighted by atomic mass is 9.92. The molecule has 164 valence electrons. The molecule has 0 spiro atoms. The van der Waals surface area contributed by atoms with Crippen LogP contribution in [-0.2, 0) is 6.54 Å². The average molecular weight is 421 g/mol. The number of nitrogens with zero attached hydrogens (tertiary/aromatic N) is 3. The summed E-state index contributed by atoms with van der Waals surface area (Å²) in [6.45, 7) is 2.83. The van der Waals surface area contributed by atoms with E-state index in [9.17, 15) is 5.11 Å². The first-order valence-electron chi connectivity index (χ1n) is 10.9. The molecule has 7 nitrogen and oxygen atoms in total. The van der Waals surface area contributed by atoms with Gasteiger partial charge in [-0.15, -0.1) is 0 Å². The number of rotatable bonds is 6. The van der Waals surface area contributed by atoms with Crippen LogP contribution in [0.5, 0.6) is 0 Å². The van der Waals surface area contributed by atoms with Gasteiger partial charge in [-0.05, 0) is 69.5 Å². The van der Waals surface area contributed by atoms with Crippen molar-refractivity contribution in [1.29, 1.82) is 0 Å². The fraction of sp³-hybridized carbons (Fsp3) is 0.417. The molecule has 0 amide bonds. The van der Waals surface area contributed by atoms with Crippen molar-refractivity contribution in [2.75, 3.05) is 14.1 Å². The molecule has 7 heteroatoms. The highest BCUT2D eigenvalue weighted by Gasteiger charge is 2.22. The van der Waals surface area contributed by atoms with Crippen LogP contribution in [0.3, 0.4) is 0 Å². The van der Waals surface area contributed by atoms with Crippen molar-refractivity contribution >= 4 is 22.3 Å². The second kappa shape index (κ2) is 9.08. The number of aliphatic imine (C=N–C) groups is 1. The molecule has 1 fully saturated rings. The second-order valence-electron chi connectivity index (χ2n) is 8.57. The van der Waals surface area contributed by atoms with E-state index in [4.69, 9.17) is 5.73 Å². The zero-order valence-electron chi connectivity index (χ0n) is 18.5. The summed E-state index contributed by atoms with van der Waals surface area (Å²) < 4.78 is 0. The van der Waals surface area contributed by atoms with E-state index in [-0.39, 0.29) is 6.10 Å². The maximum Gasteiger partial charge on any atom is 0.118 e. The molecule has 0 unspecified atom stereocenters. The summed E-state index contributed by atoms with van der Waals surface area (Å²) in [6.07, 6.45) is 7.50. The Hall–Kier alpha value is -2.90. The lowest BCUT2D eigenvalue weighted by molar-refractivity contribution is 0.0818. The van der Waals surface area contributed by atoms with Gasteiger partial charge in [-0.2, -0.15) is 0 Å². The first-order valence-corrected chi connectivity index (χ1v) is 10.9. The zero-order valence-corrected chi connectivity index (χ0v) is 18.5. The fourth-order valence-electron chi connectivity index (χ4n) is 4.41. The van der Waals surface area contributed by atoms with E-state index in [1.54, 1.807) is 7.05 Å². The number of aliphatic hydroxyl groups excluding tert-OH is 1. The summed E-state index contributed by atoms with van der Waals surface area (Å²) in [4.78, 5) is 17.6. The lowest BCUT2D eigenvalue weighted by Crippen LogP contribution is -2.35. The molecule has 3 aromatic rings. The summed E-state index contributed by atoms with van der Waals surface area (Å²) in [5.41, 5.74) is 11.2. The molecule has 1 aliphatic rings. The van der Waals surface area contributed by atoms with Crippen molar-refractivity contribution in [3.05, 3.63) is 59.3 Å². The topological polar surface area (TPSA) is 106 Å². The van der Waals surface area contributed by atoms with Crippen molar-refractivity contribution in [2.45, 2.75) is 51.3 Å². The van der Waals surface area contributed by atoms with Crippen molar-refractivity contribution in [3.8, 4) is 0 Å². The number of amidine groups is 1. The molecule has 0 aliphatic heterocycles. The minimum absolute atomic E-state index is 0.119. The molecule has 1 aromatic carbocycles. The summed E-state index contributed by atoms with van der Waals surface area (Å²) in [5.74, 6) is 1.31. The number of fused-ring (bicyclic) bond motifs is 1. The predicted octanol–water partition coefficient (Wildman–Crippen LogP) is 3.35. The minimum Gasteiger partial charge on any atom is -0.393 e. The van der Waals surface area contributed by atoms with Crippen molar-refractivity contribution in [2.24, 2.45) is 10.7 Å². The summed E-state index contributed by atoms with van der Waals surface area (Å²) in [5, 5.41) is 10.9. The van der Waals surface area contributed by atoms with E-state index in [0.717, 1.165) is 65.9 Å². The summed E-state index contributed by atoms with van der Waals surface area (Å²) >= 11 is 0. The highest BCUT2D eigenvalue weighted by Crippen LogP contribution is 2.28. The van der Waals surface area contributed by atoms with E-state index < -0.39 is 0 Å². The van der Waals surface area contributed by atoms with Crippen molar-refractivity contribution in [3.63, 3.8) is 0 Å². The van der Waals surface area contributed by atoms with Gasteiger partial charge < -0.3 is 20.8 Å². The SMILES string of the molecule is CN=C(N)/C=C(\c1cnc(C)[nH]1)c1cc2cc(CN(C)C3CCC(O)CC3)ccc2[nH]1. The normalized spacial score (nSPS) is 20.7. The quantitative estimate of drug-likeness (QED) is 0.362. The Bertz CT molecular complexity index is 1100. The van der Waals surface area contributed by atoms with Gasteiger partial charge in [-0.3, -0.25) is 9.89 Å². The van der Waals surface area contributed by atoms with Gasteiger partial charge in [-0.1, -0.05) is 6.07 Å². The van der Waals surface area contributed by atoms with Crippen LogP contribution in [0.4, 0.5) is 0 Å². The fourth-order valence-corrected chi connectivity index (χ4v) is 4.41. The molecule has 1 saturated carbocycles.